The number of hydrogen-bond acceptors (Lipinski definition) is 2. The minimum absolute atomic E-state index is 0.0836. The molecular weight excluding hydrogens is 298 g/mol. The van der Waals surface area contributed by atoms with Crippen LogP contribution in [-0.2, 0) is 4.79 Å². The molecule has 0 heterocycles. The fourth-order valence-electron chi connectivity index (χ4n) is 2.99. The SMILES string of the molecule is CCCCCCCCCCCCC/C=C/C(O)C(CC)NC(C)=O. The van der Waals surface area contributed by atoms with Crippen molar-refractivity contribution in [2.24, 2.45) is 0 Å². The van der Waals surface area contributed by atoms with E-state index in [1.165, 1.54) is 77.6 Å². The summed E-state index contributed by atoms with van der Waals surface area (Å²) in [5.74, 6) is -0.0836. The van der Waals surface area contributed by atoms with Gasteiger partial charge in [-0.3, -0.25) is 4.79 Å². The van der Waals surface area contributed by atoms with Gasteiger partial charge in [-0.2, -0.15) is 0 Å². The van der Waals surface area contributed by atoms with Crippen molar-refractivity contribution < 1.29 is 9.90 Å². The van der Waals surface area contributed by atoms with Crippen molar-refractivity contribution in [2.45, 2.75) is 116 Å². The van der Waals surface area contributed by atoms with Gasteiger partial charge in [0.15, 0.2) is 0 Å². The van der Waals surface area contributed by atoms with E-state index in [9.17, 15) is 9.90 Å². The van der Waals surface area contributed by atoms with Gasteiger partial charge in [-0.15, -0.1) is 0 Å². The van der Waals surface area contributed by atoms with Crippen molar-refractivity contribution >= 4 is 5.91 Å². The number of nitrogens with one attached hydrogen (secondary N) is 1. The predicted molar refractivity (Wildman–Crippen MR) is 104 cm³/mol. The molecule has 3 heteroatoms. The summed E-state index contributed by atoms with van der Waals surface area (Å²) < 4.78 is 0. The van der Waals surface area contributed by atoms with Gasteiger partial charge in [-0.05, 0) is 19.3 Å². The molecule has 0 aromatic rings. The minimum atomic E-state index is -0.577. The van der Waals surface area contributed by atoms with Crippen LogP contribution in [0.1, 0.15) is 104 Å². The van der Waals surface area contributed by atoms with Gasteiger partial charge in [-0.1, -0.05) is 90.2 Å². The number of hydrogen-bond donors (Lipinski definition) is 2. The molecule has 0 fully saturated rings. The van der Waals surface area contributed by atoms with Crippen LogP contribution in [-0.4, -0.2) is 23.2 Å². The van der Waals surface area contributed by atoms with Crippen LogP contribution in [0.4, 0.5) is 0 Å². The van der Waals surface area contributed by atoms with E-state index in [-0.39, 0.29) is 11.9 Å². The second-order valence-corrected chi connectivity index (χ2v) is 6.96. The first kappa shape index (κ1) is 23.2. The fraction of sp³-hybridized carbons (Fsp3) is 0.857. The Balaban J connectivity index is 3.47. The average molecular weight is 340 g/mol. The van der Waals surface area contributed by atoms with Crippen LogP contribution in [0.25, 0.3) is 0 Å². The van der Waals surface area contributed by atoms with Crippen molar-refractivity contribution in [3.63, 3.8) is 0 Å². The Morgan fingerprint density at radius 3 is 1.88 bits per heavy atom. The van der Waals surface area contributed by atoms with Crippen LogP contribution in [0.3, 0.4) is 0 Å². The van der Waals surface area contributed by atoms with Gasteiger partial charge in [0.2, 0.25) is 5.91 Å². The lowest BCUT2D eigenvalue weighted by Gasteiger charge is -2.19. The molecule has 0 bridgehead atoms. The van der Waals surface area contributed by atoms with Gasteiger partial charge in [-0.25, -0.2) is 0 Å². The number of unbranched alkanes of at least 4 members (excludes halogenated alkanes) is 11. The molecule has 2 atom stereocenters. The Hall–Kier alpha value is -0.830. The van der Waals surface area contributed by atoms with Gasteiger partial charge in [0, 0.05) is 6.92 Å². The molecule has 3 nitrogen and oxygen atoms in total. The molecule has 0 aromatic heterocycles. The number of carbonyl (C=O) groups is 1. The zero-order valence-electron chi connectivity index (χ0n) is 16.4. The topological polar surface area (TPSA) is 49.3 Å². The highest BCUT2D eigenvalue weighted by Crippen LogP contribution is 2.12. The Morgan fingerprint density at radius 1 is 0.917 bits per heavy atom. The summed E-state index contributed by atoms with van der Waals surface area (Å²) in [7, 11) is 0. The largest absolute Gasteiger partial charge is 0.387 e. The summed E-state index contributed by atoms with van der Waals surface area (Å²) in [6.07, 6.45) is 20.0. The van der Waals surface area contributed by atoms with E-state index in [4.69, 9.17) is 0 Å². The highest BCUT2D eigenvalue weighted by atomic mass is 16.3. The third-order valence-electron chi connectivity index (χ3n) is 4.55. The smallest absolute Gasteiger partial charge is 0.217 e. The minimum Gasteiger partial charge on any atom is -0.387 e. The molecule has 0 saturated carbocycles. The molecule has 0 radical (unpaired) electrons. The van der Waals surface area contributed by atoms with Crippen LogP contribution in [0, 0.1) is 0 Å². The lowest BCUT2D eigenvalue weighted by Crippen LogP contribution is -2.40. The molecule has 0 aliphatic rings. The van der Waals surface area contributed by atoms with Gasteiger partial charge < -0.3 is 10.4 Å². The normalized spacial score (nSPS) is 14.0. The van der Waals surface area contributed by atoms with Crippen LogP contribution in [0.2, 0.25) is 0 Å². The number of aliphatic hydroxyl groups excluding tert-OH is 1. The van der Waals surface area contributed by atoms with Crippen LogP contribution in [0.15, 0.2) is 12.2 Å². The van der Waals surface area contributed by atoms with Crippen LogP contribution in [0.5, 0.6) is 0 Å². The molecule has 0 rings (SSSR count). The number of allylic oxidation sites excluding steroid dienone is 1. The first-order valence-electron chi connectivity index (χ1n) is 10.2. The number of carbonyl (C=O) groups excluding carboxylic acids is 1. The van der Waals surface area contributed by atoms with Crippen molar-refractivity contribution in [3.05, 3.63) is 12.2 Å². The van der Waals surface area contributed by atoms with Crippen molar-refractivity contribution in [1.29, 1.82) is 0 Å². The Labute approximate surface area is 150 Å². The lowest BCUT2D eigenvalue weighted by atomic mass is 10.0. The second-order valence-electron chi connectivity index (χ2n) is 6.96. The molecule has 24 heavy (non-hydrogen) atoms. The Kier molecular flexibility index (Phi) is 16.4. The predicted octanol–water partition coefficient (Wildman–Crippen LogP) is 5.52. The molecule has 2 unspecified atom stereocenters. The highest BCUT2D eigenvalue weighted by Gasteiger charge is 2.14. The van der Waals surface area contributed by atoms with E-state index in [1.807, 2.05) is 13.0 Å². The first-order valence-corrected chi connectivity index (χ1v) is 10.2. The van der Waals surface area contributed by atoms with E-state index >= 15 is 0 Å². The summed E-state index contributed by atoms with van der Waals surface area (Å²) in [5, 5.41) is 12.8. The van der Waals surface area contributed by atoms with Crippen LogP contribution < -0.4 is 5.32 Å². The van der Waals surface area contributed by atoms with Crippen molar-refractivity contribution in [1.82, 2.24) is 5.32 Å². The lowest BCUT2D eigenvalue weighted by molar-refractivity contribution is -0.120. The van der Waals surface area contributed by atoms with E-state index in [0.717, 1.165) is 12.8 Å². The summed E-state index contributed by atoms with van der Waals surface area (Å²) in [5.41, 5.74) is 0. The van der Waals surface area contributed by atoms with E-state index in [0.29, 0.717) is 0 Å². The number of aliphatic hydroxyl groups is 1. The number of rotatable bonds is 16. The molecule has 142 valence electrons. The maximum atomic E-state index is 11.1. The highest BCUT2D eigenvalue weighted by molar-refractivity contribution is 5.73. The molecule has 1 amide bonds. The first-order chi connectivity index (χ1) is 11.6. The summed E-state index contributed by atoms with van der Waals surface area (Å²) >= 11 is 0. The average Bonchev–Trinajstić information content (AvgIpc) is 2.56. The fourth-order valence-corrected chi connectivity index (χ4v) is 2.99. The molecule has 0 aromatic carbocycles. The molecule has 0 spiro atoms. The summed E-state index contributed by atoms with van der Waals surface area (Å²) in [4.78, 5) is 11.1. The van der Waals surface area contributed by atoms with Crippen molar-refractivity contribution in [3.8, 4) is 0 Å². The van der Waals surface area contributed by atoms with Gasteiger partial charge in [0.1, 0.15) is 0 Å². The third kappa shape index (κ3) is 14.7. The maximum absolute atomic E-state index is 11.1. The standard InChI is InChI=1S/C21H41NO2/c1-4-6-7-8-9-10-11-12-13-14-15-16-17-18-21(24)20(5-2)22-19(3)23/h17-18,20-21,24H,4-16H2,1-3H3,(H,22,23)/b18-17+. The molecular formula is C21H41NO2. The van der Waals surface area contributed by atoms with Gasteiger partial charge in [0.05, 0.1) is 12.1 Å². The summed E-state index contributed by atoms with van der Waals surface area (Å²) in [6.45, 7) is 5.73. The number of amides is 1. The molecule has 0 aliphatic carbocycles. The molecule has 2 N–H and O–H groups in total. The molecule has 0 saturated heterocycles. The zero-order valence-corrected chi connectivity index (χ0v) is 16.4. The quantitative estimate of drug-likeness (QED) is 0.287. The molecule has 0 aliphatic heterocycles. The third-order valence-corrected chi connectivity index (χ3v) is 4.55. The van der Waals surface area contributed by atoms with Gasteiger partial charge in [0.25, 0.3) is 0 Å². The van der Waals surface area contributed by atoms with E-state index in [1.54, 1.807) is 0 Å². The van der Waals surface area contributed by atoms with E-state index in [2.05, 4.69) is 18.3 Å². The zero-order chi connectivity index (χ0) is 18.0. The van der Waals surface area contributed by atoms with Gasteiger partial charge >= 0.3 is 0 Å². The second kappa shape index (κ2) is 17.0. The van der Waals surface area contributed by atoms with Crippen LogP contribution >= 0.6 is 0 Å². The Bertz CT molecular complexity index is 315. The monoisotopic (exact) mass is 339 g/mol. The van der Waals surface area contributed by atoms with Crippen molar-refractivity contribution in [2.75, 3.05) is 0 Å². The maximum Gasteiger partial charge on any atom is 0.217 e. The summed E-state index contributed by atoms with van der Waals surface area (Å²) in [6, 6.07) is -0.170. The van der Waals surface area contributed by atoms with E-state index < -0.39 is 6.10 Å². The Morgan fingerprint density at radius 2 is 1.42 bits per heavy atom.